The summed E-state index contributed by atoms with van der Waals surface area (Å²) in [6.07, 6.45) is -0.162. The molecule has 0 saturated heterocycles. The number of ether oxygens (including phenoxy) is 1. The van der Waals surface area contributed by atoms with E-state index >= 15 is 0 Å². The lowest BCUT2D eigenvalue weighted by molar-refractivity contribution is -0.680. The zero-order valence-electron chi connectivity index (χ0n) is 15.5. The second-order valence-corrected chi connectivity index (χ2v) is 6.20. The van der Waals surface area contributed by atoms with Gasteiger partial charge in [0.15, 0.2) is 0 Å². The van der Waals surface area contributed by atoms with Crippen LogP contribution >= 0.6 is 0 Å². The first kappa shape index (κ1) is 20.3. The summed E-state index contributed by atoms with van der Waals surface area (Å²) in [5.41, 5.74) is 2.49. The zero-order chi connectivity index (χ0) is 19.6. The van der Waals surface area contributed by atoms with E-state index in [2.05, 4.69) is 10.6 Å². The van der Waals surface area contributed by atoms with Crippen LogP contribution < -0.4 is 25.8 Å². The van der Waals surface area contributed by atoms with Crippen molar-refractivity contribution in [2.75, 3.05) is 30.8 Å². The number of benzene rings is 2. The van der Waals surface area contributed by atoms with Crippen molar-refractivity contribution in [2.45, 2.75) is 19.4 Å². The maximum atomic E-state index is 12.1. The van der Waals surface area contributed by atoms with Crippen LogP contribution in [0.4, 0.5) is 11.4 Å². The number of aryl methyl sites for hydroxylation is 1. The van der Waals surface area contributed by atoms with Gasteiger partial charge < -0.3 is 30.6 Å². The first-order chi connectivity index (χ1) is 13.0. The molecule has 0 unspecified atom stereocenters. The van der Waals surface area contributed by atoms with Gasteiger partial charge in [-0.25, -0.2) is 0 Å². The summed E-state index contributed by atoms with van der Waals surface area (Å²) in [5.74, 6) is -0.901. The molecule has 0 aliphatic rings. The number of nitrogens with two attached hydrogens (primary N) is 1. The van der Waals surface area contributed by atoms with Gasteiger partial charge in [-0.3, -0.25) is 4.79 Å². The van der Waals surface area contributed by atoms with E-state index in [9.17, 15) is 14.7 Å². The number of aliphatic carboxylic acids is 1. The van der Waals surface area contributed by atoms with Crippen LogP contribution in [0.25, 0.3) is 0 Å². The number of hydrogen-bond donors (Lipinski definition) is 3. The van der Waals surface area contributed by atoms with Crippen molar-refractivity contribution in [3.05, 3.63) is 54.1 Å². The largest absolute Gasteiger partial charge is 0.544 e. The Morgan fingerprint density at radius 3 is 2.67 bits per heavy atom. The number of anilines is 2. The van der Waals surface area contributed by atoms with Gasteiger partial charge in [-0.1, -0.05) is 24.3 Å². The number of carboxylic acids is 1. The highest BCUT2D eigenvalue weighted by Crippen LogP contribution is 2.22. The lowest BCUT2D eigenvalue weighted by Crippen LogP contribution is -2.94. The maximum Gasteiger partial charge on any atom is 0.230 e. The van der Waals surface area contributed by atoms with Crippen LogP contribution in [-0.4, -0.2) is 38.1 Å². The smallest absolute Gasteiger partial charge is 0.230 e. The number of hydrogen-bond acceptors (Lipinski definition) is 5. The van der Waals surface area contributed by atoms with Gasteiger partial charge in [-0.2, -0.15) is 0 Å². The molecule has 7 nitrogen and oxygen atoms in total. The lowest BCUT2D eigenvalue weighted by atomic mass is 10.1. The van der Waals surface area contributed by atoms with Crippen molar-refractivity contribution in [1.29, 1.82) is 0 Å². The van der Waals surface area contributed by atoms with E-state index in [1.807, 2.05) is 49.4 Å². The zero-order valence-corrected chi connectivity index (χ0v) is 15.5. The van der Waals surface area contributed by atoms with E-state index in [0.29, 0.717) is 24.5 Å². The first-order valence-corrected chi connectivity index (χ1v) is 8.77. The average molecular weight is 371 g/mol. The molecule has 0 radical (unpaired) electrons. The van der Waals surface area contributed by atoms with Gasteiger partial charge in [0.25, 0.3) is 0 Å². The lowest BCUT2D eigenvalue weighted by Gasteiger charge is -2.17. The highest BCUT2D eigenvalue weighted by atomic mass is 16.5. The molecular weight excluding hydrogens is 346 g/mol. The van der Waals surface area contributed by atoms with Crippen LogP contribution in [0.1, 0.15) is 12.0 Å². The van der Waals surface area contributed by atoms with Crippen LogP contribution in [-0.2, 0) is 9.59 Å². The van der Waals surface area contributed by atoms with Gasteiger partial charge in [-0.05, 0) is 36.8 Å². The monoisotopic (exact) mass is 371 g/mol. The molecule has 0 heterocycles. The Kier molecular flexibility index (Phi) is 7.63. The molecule has 144 valence electrons. The fourth-order valence-corrected chi connectivity index (χ4v) is 2.68. The van der Waals surface area contributed by atoms with E-state index < -0.39 is 12.0 Å². The molecule has 0 fully saturated rings. The molecule has 1 atom stereocenters. The Morgan fingerprint density at radius 1 is 1.19 bits per heavy atom. The van der Waals surface area contributed by atoms with Crippen molar-refractivity contribution >= 4 is 23.3 Å². The quantitative estimate of drug-likeness (QED) is 0.515. The minimum Gasteiger partial charge on any atom is -0.544 e. The third-order valence-electron chi connectivity index (χ3n) is 4.03. The fourth-order valence-electron chi connectivity index (χ4n) is 2.68. The molecule has 0 saturated carbocycles. The van der Waals surface area contributed by atoms with Crippen LogP contribution in [0.5, 0.6) is 5.75 Å². The summed E-state index contributed by atoms with van der Waals surface area (Å²) in [6, 6.07) is 13.9. The number of methoxy groups -OCH3 is 1. The summed E-state index contributed by atoms with van der Waals surface area (Å²) in [7, 11) is 1.59. The second kappa shape index (κ2) is 10.2. The third-order valence-corrected chi connectivity index (χ3v) is 4.03. The Hall–Kier alpha value is -3.06. The molecule has 2 aromatic rings. The number of nitrogens with one attached hydrogen (secondary N) is 2. The normalized spacial score (nSPS) is 11.5. The van der Waals surface area contributed by atoms with E-state index in [4.69, 9.17) is 4.74 Å². The van der Waals surface area contributed by atoms with Crippen molar-refractivity contribution in [3.63, 3.8) is 0 Å². The number of quaternary nitrogens is 1. The summed E-state index contributed by atoms with van der Waals surface area (Å²) in [5, 5.41) is 18.8. The molecule has 0 aliphatic heterocycles. The SMILES string of the molecule is COc1ccccc1NCC[NH2+][C@@H](CC(=O)Nc1cccc(C)c1)C(=O)[O-]. The van der Waals surface area contributed by atoms with Crippen LogP contribution in [0.15, 0.2) is 48.5 Å². The third kappa shape index (κ3) is 6.63. The molecule has 2 aromatic carbocycles. The Bertz CT molecular complexity index is 779. The summed E-state index contributed by atoms with van der Waals surface area (Å²) >= 11 is 0. The van der Waals surface area contributed by atoms with Crippen molar-refractivity contribution in [1.82, 2.24) is 0 Å². The highest BCUT2D eigenvalue weighted by molar-refractivity contribution is 5.93. The second-order valence-electron chi connectivity index (χ2n) is 6.20. The van der Waals surface area contributed by atoms with Crippen LogP contribution in [0.3, 0.4) is 0 Å². The van der Waals surface area contributed by atoms with Crippen LogP contribution in [0.2, 0.25) is 0 Å². The van der Waals surface area contributed by atoms with Crippen molar-refractivity contribution in [3.8, 4) is 5.75 Å². The fraction of sp³-hybridized carbons (Fsp3) is 0.300. The minimum absolute atomic E-state index is 0.162. The molecule has 0 aromatic heterocycles. The van der Waals surface area contributed by atoms with E-state index in [-0.39, 0.29) is 12.3 Å². The van der Waals surface area contributed by atoms with E-state index in [0.717, 1.165) is 11.3 Å². The topological polar surface area (TPSA) is 107 Å². The number of rotatable bonds is 10. The van der Waals surface area contributed by atoms with Gasteiger partial charge in [0.1, 0.15) is 11.8 Å². The van der Waals surface area contributed by atoms with Gasteiger partial charge in [0.05, 0.1) is 38.3 Å². The van der Waals surface area contributed by atoms with Gasteiger partial charge in [-0.15, -0.1) is 0 Å². The Labute approximate surface area is 158 Å². The molecular formula is C20H25N3O4. The molecule has 0 spiro atoms. The van der Waals surface area contributed by atoms with E-state index in [1.165, 1.54) is 0 Å². The number of amides is 1. The summed E-state index contributed by atoms with van der Waals surface area (Å²) in [4.78, 5) is 23.5. The number of carbonyl (C=O) groups excluding carboxylic acids is 2. The highest BCUT2D eigenvalue weighted by Gasteiger charge is 2.18. The first-order valence-electron chi connectivity index (χ1n) is 8.77. The minimum atomic E-state index is -1.26. The Morgan fingerprint density at radius 2 is 1.96 bits per heavy atom. The number of para-hydroxylation sites is 2. The van der Waals surface area contributed by atoms with Gasteiger partial charge in [0.2, 0.25) is 5.91 Å². The van der Waals surface area contributed by atoms with Crippen molar-refractivity contribution < 1.29 is 24.7 Å². The molecule has 0 aliphatic carbocycles. The molecule has 4 N–H and O–H groups in total. The predicted molar refractivity (Wildman–Crippen MR) is 101 cm³/mol. The molecule has 0 bridgehead atoms. The number of carbonyl (C=O) groups is 2. The van der Waals surface area contributed by atoms with Gasteiger partial charge in [0, 0.05) is 5.69 Å². The molecule has 7 heteroatoms. The van der Waals surface area contributed by atoms with Crippen LogP contribution in [0, 0.1) is 6.92 Å². The Balaban J connectivity index is 1.81. The maximum absolute atomic E-state index is 12.1. The average Bonchev–Trinajstić information content (AvgIpc) is 2.64. The number of carboxylic acid groups (broad SMARTS) is 1. The summed E-state index contributed by atoms with van der Waals surface area (Å²) in [6.45, 7) is 2.90. The van der Waals surface area contributed by atoms with Gasteiger partial charge >= 0.3 is 0 Å². The van der Waals surface area contributed by atoms with Crippen molar-refractivity contribution in [2.24, 2.45) is 0 Å². The standard InChI is InChI=1S/C20H25N3O4/c1-14-6-5-7-15(12-14)23-19(24)13-17(20(25)26)22-11-10-21-16-8-3-4-9-18(16)27-2/h3-9,12,17,21-22H,10-11,13H2,1-2H3,(H,23,24)(H,25,26)/t17-/m0/s1. The molecule has 2 rings (SSSR count). The molecule has 27 heavy (non-hydrogen) atoms. The molecule has 1 amide bonds. The summed E-state index contributed by atoms with van der Waals surface area (Å²) < 4.78 is 5.25. The predicted octanol–water partition coefficient (Wildman–Crippen LogP) is 0.126. The van der Waals surface area contributed by atoms with E-state index in [1.54, 1.807) is 18.5 Å².